The molecule has 3 rings (SSSR count). The van der Waals surface area contributed by atoms with Crippen LogP contribution in [0.1, 0.15) is 27.5 Å². The van der Waals surface area contributed by atoms with E-state index in [1.165, 1.54) is 12.1 Å². The Kier molecular flexibility index (Phi) is 7.73. The Balaban J connectivity index is 1.86. The summed E-state index contributed by atoms with van der Waals surface area (Å²) in [7, 11) is -0.753. The van der Waals surface area contributed by atoms with E-state index < -0.39 is 10.0 Å². The van der Waals surface area contributed by atoms with Gasteiger partial charge in [0.2, 0.25) is 10.0 Å². The number of nitrogens with one attached hydrogen (secondary N) is 1. The number of carbonyl (C=O) groups is 1. The van der Waals surface area contributed by atoms with Crippen molar-refractivity contribution in [2.75, 3.05) is 47.1 Å². The number of ether oxygens (including phenoxy) is 3. The molecule has 1 aliphatic rings. The fraction of sp³-hybridized carbons (Fsp3) is 0.409. The highest BCUT2D eigenvalue weighted by Crippen LogP contribution is 2.32. The number of hydrogen-bond donors (Lipinski definition) is 2. The number of methoxy groups -OCH3 is 2. The minimum absolute atomic E-state index is 0.0992. The second-order valence-corrected chi connectivity index (χ2v) is 9.07. The predicted octanol–water partition coefficient (Wildman–Crippen LogP) is 1.46. The van der Waals surface area contributed by atoms with Crippen molar-refractivity contribution in [2.24, 2.45) is 5.14 Å². The van der Waals surface area contributed by atoms with Gasteiger partial charge in [0.25, 0.3) is 5.91 Å². The molecule has 1 atom stereocenters. The zero-order valence-electron chi connectivity index (χ0n) is 18.5. The van der Waals surface area contributed by atoms with Crippen LogP contribution in [0, 0.1) is 6.92 Å². The molecule has 32 heavy (non-hydrogen) atoms. The number of aryl methyl sites for hydroxylation is 1. The third-order valence-corrected chi connectivity index (χ3v) is 6.43. The lowest BCUT2D eigenvalue weighted by atomic mass is 10.0. The fourth-order valence-electron chi connectivity index (χ4n) is 3.71. The van der Waals surface area contributed by atoms with Crippen molar-refractivity contribution in [3.05, 3.63) is 53.1 Å². The third kappa shape index (κ3) is 5.57. The quantitative estimate of drug-likeness (QED) is 0.608. The summed E-state index contributed by atoms with van der Waals surface area (Å²) in [6.07, 6.45) is 0. The lowest BCUT2D eigenvalue weighted by Gasteiger charge is -2.35. The van der Waals surface area contributed by atoms with Gasteiger partial charge in [-0.25, -0.2) is 13.6 Å². The molecule has 0 bridgehead atoms. The summed E-state index contributed by atoms with van der Waals surface area (Å²) < 4.78 is 39.7. The summed E-state index contributed by atoms with van der Waals surface area (Å²) in [5.74, 6) is 0.856. The lowest BCUT2D eigenvalue weighted by molar-refractivity contribution is 0.0162. The van der Waals surface area contributed by atoms with Crippen LogP contribution in [0.25, 0.3) is 0 Å². The van der Waals surface area contributed by atoms with Crippen molar-refractivity contribution in [3.8, 4) is 11.5 Å². The Labute approximate surface area is 188 Å². The van der Waals surface area contributed by atoms with E-state index in [-0.39, 0.29) is 22.4 Å². The van der Waals surface area contributed by atoms with Crippen LogP contribution in [0.5, 0.6) is 11.5 Å². The van der Waals surface area contributed by atoms with E-state index in [0.717, 1.165) is 18.7 Å². The SMILES string of the molecule is COc1ccc(C(CNC(=O)c2cc(S(N)(=O)=O)ccc2C)N2CCOCC2)cc1OC. The largest absolute Gasteiger partial charge is 0.493 e. The zero-order valence-corrected chi connectivity index (χ0v) is 19.3. The molecule has 10 heteroatoms. The van der Waals surface area contributed by atoms with E-state index in [2.05, 4.69) is 10.2 Å². The highest BCUT2D eigenvalue weighted by atomic mass is 32.2. The first-order chi connectivity index (χ1) is 15.2. The van der Waals surface area contributed by atoms with E-state index in [4.69, 9.17) is 19.3 Å². The minimum Gasteiger partial charge on any atom is -0.493 e. The Hall–Kier alpha value is -2.66. The first-order valence-corrected chi connectivity index (χ1v) is 11.7. The molecule has 3 N–H and O–H groups in total. The molecule has 1 unspecified atom stereocenters. The number of carbonyl (C=O) groups excluding carboxylic acids is 1. The van der Waals surface area contributed by atoms with E-state index in [0.29, 0.717) is 36.8 Å². The molecule has 1 heterocycles. The average Bonchev–Trinajstić information content (AvgIpc) is 2.79. The molecule has 0 spiro atoms. The van der Waals surface area contributed by atoms with Crippen molar-refractivity contribution in [1.82, 2.24) is 10.2 Å². The number of sulfonamides is 1. The van der Waals surface area contributed by atoms with Crippen LogP contribution in [0.2, 0.25) is 0 Å². The van der Waals surface area contributed by atoms with Crippen LogP contribution in [0.4, 0.5) is 0 Å². The number of rotatable bonds is 8. The van der Waals surface area contributed by atoms with Gasteiger partial charge in [-0.2, -0.15) is 0 Å². The zero-order chi connectivity index (χ0) is 23.3. The smallest absolute Gasteiger partial charge is 0.251 e. The van der Waals surface area contributed by atoms with Gasteiger partial charge in [-0.05, 0) is 42.3 Å². The topological polar surface area (TPSA) is 120 Å². The molecule has 2 aromatic carbocycles. The molecule has 9 nitrogen and oxygen atoms in total. The molecule has 0 radical (unpaired) electrons. The number of hydrogen-bond acceptors (Lipinski definition) is 7. The maximum atomic E-state index is 13.0. The molecule has 1 fully saturated rings. The van der Waals surface area contributed by atoms with Gasteiger partial charge in [0.15, 0.2) is 11.5 Å². The second kappa shape index (κ2) is 10.3. The van der Waals surface area contributed by atoms with Gasteiger partial charge in [-0.1, -0.05) is 12.1 Å². The molecule has 1 saturated heterocycles. The van der Waals surface area contributed by atoms with Crippen molar-refractivity contribution in [3.63, 3.8) is 0 Å². The molecule has 1 aliphatic heterocycles. The van der Waals surface area contributed by atoms with Crippen molar-refractivity contribution >= 4 is 15.9 Å². The number of amides is 1. The molecular formula is C22H29N3O6S. The molecular weight excluding hydrogens is 434 g/mol. The molecule has 0 saturated carbocycles. The first kappa shape index (κ1) is 24.0. The van der Waals surface area contributed by atoms with E-state index in [1.807, 2.05) is 18.2 Å². The van der Waals surface area contributed by atoms with Crippen LogP contribution >= 0.6 is 0 Å². The Morgan fingerprint density at radius 3 is 2.44 bits per heavy atom. The molecule has 0 aromatic heterocycles. The molecule has 1 amide bonds. The molecule has 0 aliphatic carbocycles. The third-order valence-electron chi connectivity index (χ3n) is 5.52. The van der Waals surface area contributed by atoms with Crippen LogP contribution < -0.4 is 19.9 Å². The summed E-state index contributed by atoms with van der Waals surface area (Å²) in [4.78, 5) is 15.1. The van der Waals surface area contributed by atoms with Crippen LogP contribution in [0.15, 0.2) is 41.3 Å². The predicted molar refractivity (Wildman–Crippen MR) is 120 cm³/mol. The summed E-state index contributed by atoms with van der Waals surface area (Å²) >= 11 is 0. The molecule has 2 aromatic rings. The van der Waals surface area contributed by atoms with Gasteiger partial charge >= 0.3 is 0 Å². The summed E-state index contributed by atoms with van der Waals surface area (Å²) in [5, 5.41) is 8.17. The van der Waals surface area contributed by atoms with Crippen LogP contribution in [-0.2, 0) is 14.8 Å². The Morgan fingerprint density at radius 2 is 1.81 bits per heavy atom. The van der Waals surface area contributed by atoms with Crippen molar-refractivity contribution in [1.29, 1.82) is 0 Å². The van der Waals surface area contributed by atoms with E-state index >= 15 is 0 Å². The maximum Gasteiger partial charge on any atom is 0.251 e. The van der Waals surface area contributed by atoms with Gasteiger partial charge in [0, 0.05) is 25.2 Å². The van der Waals surface area contributed by atoms with Crippen molar-refractivity contribution in [2.45, 2.75) is 17.9 Å². The van der Waals surface area contributed by atoms with Crippen molar-refractivity contribution < 1.29 is 27.4 Å². The highest BCUT2D eigenvalue weighted by molar-refractivity contribution is 7.89. The Bertz CT molecular complexity index is 1070. The number of primary sulfonamides is 1. The number of nitrogens with two attached hydrogens (primary N) is 1. The number of morpholine rings is 1. The average molecular weight is 464 g/mol. The van der Waals surface area contributed by atoms with Gasteiger partial charge in [0.05, 0.1) is 38.4 Å². The normalized spacial score (nSPS) is 15.8. The monoisotopic (exact) mass is 463 g/mol. The summed E-state index contributed by atoms with van der Waals surface area (Å²) in [6.45, 7) is 4.70. The number of benzene rings is 2. The van der Waals surface area contributed by atoms with Gasteiger partial charge < -0.3 is 19.5 Å². The minimum atomic E-state index is -3.91. The Morgan fingerprint density at radius 1 is 1.12 bits per heavy atom. The highest BCUT2D eigenvalue weighted by Gasteiger charge is 2.25. The van der Waals surface area contributed by atoms with E-state index in [9.17, 15) is 13.2 Å². The van der Waals surface area contributed by atoms with Crippen LogP contribution in [-0.4, -0.2) is 66.3 Å². The van der Waals surface area contributed by atoms with Crippen LogP contribution in [0.3, 0.4) is 0 Å². The van der Waals surface area contributed by atoms with E-state index in [1.54, 1.807) is 27.2 Å². The maximum absolute atomic E-state index is 13.0. The molecule has 174 valence electrons. The fourth-order valence-corrected chi connectivity index (χ4v) is 4.25. The number of nitrogens with zero attached hydrogens (tertiary/aromatic N) is 1. The second-order valence-electron chi connectivity index (χ2n) is 7.51. The van der Waals surface area contributed by atoms with Gasteiger partial charge in [-0.3, -0.25) is 9.69 Å². The summed E-state index contributed by atoms with van der Waals surface area (Å²) in [5.41, 5.74) is 1.88. The first-order valence-electron chi connectivity index (χ1n) is 10.2. The van der Waals surface area contributed by atoms with Gasteiger partial charge in [-0.15, -0.1) is 0 Å². The lowest BCUT2D eigenvalue weighted by Crippen LogP contribution is -2.44. The summed E-state index contributed by atoms with van der Waals surface area (Å²) in [6, 6.07) is 9.82. The standard InChI is InChI=1S/C22H29N3O6S/c1-15-4-6-17(32(23,27)28)13-18(15)22(26)24-14-19(25-8-10-31-11-9-25)16-5-7-20(29-2)21(12-16)30-3/h4-7,12-13,19H,8-11,14H2,1-3H3,(H,24,26)(H2,23,27,28). The van der Waals surface area contributed by atoms with Gasteiger partial charge in [0.1, 0.15) is 0 Å².